The molecule has 1 atom stereocenters. The molecule has 0 saturated heterocycles. The van der Waals surface area contributed by atoms with E-state index < -0.39 is 10.0 Å². The average molecular weight is 423 g/mol. The summed E-state index contributed by atoms with van der Waals surface area (Å²) in [6, 6.07) is 20.8. The molecule has 3 aromatic carbocycles. The van der Waals surface area contributed by atoms with Gasteiger partial charge in [-0.2, -0.15) is 0 Å². The maximum atomic E-state index is 13.1. The van der Waals surface area contributed by atoms with Crippen molar-refractivity contribution in [1.82, 2.24) is 5.32 Å². The van der Waals surface area contributed by atoms with E-state index in [9.17, 15) is 13.2 Å². The number of sulfonamides is 1. The number of aryl methyl sites for hydroxylation is 2. The molecule has 0 aliphatic heterocycles. The van der Waals surface area contributed by atoms with Crippen LogP contribution in [0.4, 0.5) is 5.69 Å². The highest BCUT2D eigenvalue weighted by atomic mass is 32.2. The van der Waals surface area contributed by atoms with Gasteiger partial charge in [0.1, 0.15) is 0 Å². The Balaban J connectivity index is 1.91. The van der Waals surface area contributed by atoms with Crippen molar-refractivity contribution in [3.05, 3.63) is 95.1 Å². The molecular formula is C24H26N2O3S. The zero-order valence-electron chi connectivity index (χ0n) is 17.6. The predicted molar refractivity (Wildman–Crippen MR) is 120 cm³/mol. The van der Waals surface area contributed by atoms with E-state index in [1.165, 1.54) is 19.2 Å². The summed E-state index contributed by atoms with van der Waals surface area (Å²) in [7, 11) is -2.33. The Hall–Kier alpha value is -3.12. The molecule has 0 aromatic heterocycles. The molecule has 0 spiro atoms. The van der Waals surface area contributed by atoms with Gasteiger partial charge in [-0.3, -0.25) is 9.10 Å². The number of nitrogens with zero attached hydrogens (tertiary/aromatic N) is 1. The second kappa shape index (κ2) is 8.71. The Bertz CT molecular complexity index is 1160. The highest BCUT2D eigenvalue weighted by Crippen LogP contribution is 2.27. The second-order valence-electron chi connectivity index (χ2n) is 7.36. The second-order valence-corrected chi connectivity index (χ2v) is 9.33. The number of benzene rings is 3. The summed E-state index contributed by atoms with van der Waals surface area (Å²) in [5, 5.41) is 3.01. The third-order valence-electron chi connectivity index (χ3n) is 5.14. The Morgan fingerprint density at radius 2 is 1.57 bits per heavy atom. The van der Waals surface area contributed by atoms with Gasteiger partial charge in [-0.25, -0.2) is 8.42 Å². The minimum atomic E-state index is -3.79. The first-order valence-electron chi connectivity index (χ1n) is 9.73. The maximum Gasteiger partial charge on any atom is 0.264 e. The van der Waals surface area contributed by atoms with E-state index in [1.807, 2.05) is 32.9 Å². The van der Waals surface area contributed by atoms with Gasteiger partial charge < -0.3 is 5.32 Å². The third kappa shape index (κ3) is 4.39. The molecule has 1 amide bonds. The van der Waals surface area contributed by atoms with Gasteiger partial charge in [0.15, 0.2) is 0 Å². The van der Waals surface area contributed by atoms with E-state index in [0.717, 1.165) is 21.0 Å². The van der Waals surface area contributed by atoms with Crippen molar-refractivity contribution in [2.24, 2.45) is 0 Å². The van der Waals surface area contributed by atoms with Crippen molar-refractivity contribution in [2.75, 3.05) is 11.4 Å². The number of anilines is 1. The number of rotatable bonds is 6. The predicted octanol–water partition coefficient (Wildman–Crippen LogP) is 4.62. The fraction of sp³-hybridized carbons (Fsp3) is 0.208. The molecule has 0 saturated carbocycles. The maximum absolute atomic E-state index is 13.1. The van der Waals surface area contributed by atoms with Gasteiger partial charge in [0.25, 0.3) is 15.9 Å². The van der Waals surface area contributed by atoms with Crippen LogP contribution in [0.1, 0.15) is 40.0 Å². The lowest BCUT2D eigenvalue weighted by molar-refractivity contribution is 0.0940. The van der Waals surface area contributed by atoms with Crippen LogP contribution in [0.3, 0.4) is 0 Å². The summed E-state index contributed by atoms with van der Waals surface area (Å²) in [5.74, 6) is -0.325. The van der Waals surface area contributed by atoms with E-state index in [-0.39, 0.29) is 16.8 Å². The molecule has 3 aromatic rings. The van der Waals surface area contributed by atoms with Crippen LogP contribution >= 0.6 is 0 Å². The Morgan fingerprint density at radius 3 is 2.27 bits per heavy atom. The first-order valence-corrected chi connectivity index (χ1v) is 11.2. The highest BCUT2D eigenvalue weighted by Gasteiger charge is 2.25. The fourth-order valence-corrected chi connectivity index (χ4v) is 4.63. The highest BCUT2D eigenvalue weighted by molar-refractivity contribution is 7.92. The smallest absolute Gasteiger partial charge is 0.264 e. The van der Waals surface area contributed by atoms with Crippen molar-refractivity contribution in [3.8, 4) is 0 Å². The van der Waals surface area contributed by atoms with E-state index in [0.29, 0.717) is 11.3 Å². The topological polar surface area (TPSA) is 66.5 Å². The number of amides is 1. The Kier molecular flexibility index (Phi) is 6.27. The van der Waals surface area contributed by atoms with Gasteiger partial charge >= 0.3 is 0 Å². The van der Waals surface area contributed by atoms with Gasteiger partial charge in [0.2, 0.25) is 0 Å². The van der Waals surface area contributed by atoms with E-state index in [1.54, 1.807) is 42.5 Å². The SMILES string of the molecule is Cc1ccc(C)c([C@@H](C)NC(=O)c2ccccc2N(C)S(=O)(=O)c2ccccc2)c1. The van der Waals surface area contributed by atoms with Crippen LogP contribution in [0.2, 0.25) is 0 Å². The third-order valence-corrected chi connectivity index (χ3v) is 6.92. The standard InChI is InChI=1S/C24H26N2O3S/c1-17-14-15-18(2)22(16-17)19(3)25-24(27)21-12-8-9-13-23(21)26(4)30(28,29)20-10-6-5-7-11-20/h5-16,19H,1-4H3,(H,25,27)/t19-/m1/s1. The number of carbonyl (C=O) groups excluding carboxylic acids is 1. The molecule has 3 rings (SSSR count). The number of hydrogen-bond acceptors (Lipinski definition) is 3. The number of carbonyl (C=O) groups is 1. The first-order chi connectivity index (χ1) is 14.2. The normalized spacial score (nSPS) is 12.3. The molecule has 1 N–H and O–H groups in total. The lowest BCUT2D eigenvalue weighted by Crippen LogP contribution is -2.32. The summed E-state index contributed by atoms with van der Waals surface area (Å²) in [5.41, 5.74) is 3.87. The summed E-state index contributed by atoms with van der Waals surface area (Å²) < 4.78 is 27.2. The van der Waals surface area contributed by atoms with E-state index in [2.05, 4.69) is 11.4 Å². The first kappa shape index (κ1) is 21.6. The van der Waals surface area contributed by atoms with Gasteiger partial charge in [-0.15, -0.1) is 0 Å². The molecule has 0 fully saturated rings. The van der Waals surface area contributed by atoms with Crippen LogP contribution in [0.15, 0.2) is 77.7 Å². The number of nitrogens with one attached hydrogen (secondary N) is 1. The summed E-state index contributed by atoms with van der Waals surface area (Å²) in [6.07, 6.45) is 0. The van der Waals surface area contributed by atoms with Crippen molar-refractivity contribution >= 4 is 21.6 Å². The van der Waals surface area contributed by atoms with Crippen LogP contribution in [0.25, 0.3) is 0 Å². The Labute approximate surface area is 178 Å². The molecule has 0 radical (unpaired) electrons. The van der Waals surface area contributed by atoms with Crippen LogP contribution in [-0.4, -0.2) is 21.4 Å². The molecule has 6 heteroatoms. The van der Waals surface area contributed by atoms with Crippen LogP contribution in [0, 0.1) is 13.8 Å². The summed E-state index contributed by atoms with van der Waals surface area (Å²) >= 11 is 0. The Morgan fingerprint density at radius 1 is 0.933 bits per heavy atom. The molecule has 156 valence electrons. The molecule has 0 aliphatic carbocycles. The minimum Gasteiger partial charge on any atom is -0.345 e. The van der Waals surface area contributed by atoms with Crippen LogP contribution in [0.5, 0.6) is 0 Å². The lowest BCUT2D eigenvalue weighted by atomic mass is 9.99. The van der Waals surface area contributed by atoms with Crippen LogP contribution in [-0.2, 0) is 10.0 Å². The van der Waals surface area contributed by atoms with Gasteiger partial charge in [-0.05, 0) is 56.2 Å². The van der Waals surface area contributed by atoms with E-state index in [4.69, 9.17) is 0 Å². The molecule has 5 nitrogen and oxygen atoms in total. The summed E-state index contributed by atoms with van der Waals surface area (Å²) in [6.45, 7) is 5.94. The van der Waals surface area contributed by atoms with Gasteiger partial charge in [-0.1, -0.05) is 54.1 Å². The number of hydrogen-bond donors (Lipinski definition) is 1. The van der Waals surface area contributed by atoms with Crippen molar-refractivity contribution in [3.63, 3.8) is 0 Å². The average Bonchev–Trinajstić information content (AvgIpc) is 2.75. The number of para-hydroxylation sites is 1. The monoisotopic (exact) mass is 422 g/mol. The van der Waals surface area contributed by atoms with Crippen molar-refractivity contribution in [2.45, 2.75) is 31.7 Å². The lowest BCUT2D eigenvalue weighted by Gasteiger charge is -2.23. The van der Waals surface area contributed by atoms with E-state index >= 15 is 0 Å². The van der Waals surface area contributed by atoms with Crippen LogP contribution < -0.4 is 9.62 Å². The fourth-order valence-electron chi connectivity index (χ4n) is 3.40. The minimum absolute atomic E-state index is 0.173. The zero-order chi connectivity index (χ0) is 21.9. The largest absolute Gasteiger partial charge is 0.345 e. The summed E-state index contributed by atoms with van der Waals surface area (Å²) in [4.78, 5) is 13.3. The molecule has 0 bridgehead atoms. The molecule has 0 aliphatic rings. The van der Waals surface area contributed by atoms with Gasteiger partial charge in [0, 0.05) is 7.05 Å². The molecule has 0 unspecified atom stereocenters. The van der Waals surface area contributed by atoms with Crippen molar-refractivity contribution in [1.29, 1.82) is 0 Å². The van der Waals surface area contributed by atoms with Crippen molar-refractivity contribution < 1.29 is 13.2 Å². The molecular weight excluding hydrogens is 396 g/mol. The van der Waals surface area contributed by atoms with Gasteiger partial charge in [0.05, 0.1) is 22.2 Å². The quantitative estimate of drug-likeness (QED) is 0.630. The molecule has 0 heterocycles. The molecule has 30 heavy (non-hydrogen) atoms. The zero-order valence-corrected chi connectivity index (χ0v) is 18.4.